The Hall–Kier alpha value is -1.79. The molecule has 1 aromatic heterocycles. The Morgan fingerprint density at radius 2 is 2.00 bits per heavy atom. The van der Waals surface area contributed by atoms with E-state index in [2.05, 4.69) is 15.9 Å². The highest BCUT2D eigenvalue weighted by Crippen LogP contribution is 2.31. The SMILES string of the molecule is Cc1ccc(C(=O)CN2C(=O)C(=O)c3cc(Br)ccc32)s1. The molecule has 2 heterocycles. The summed E-state index contributed by atoms with van der Waals surface area (Å²) in [5.41, 5.74) is 0.833. The molecule has 0 saturated heterocycles. The summed E-state index contributed by atoms with van der Waals surface area (Å²) in [6.07, 6.45) is 0. The van der Waals surface area contributed by atoms with E-state index in [1.54, 1.807) is 24.3 Å². The lowest BCUT2D eigenvalue weighted by Gasteiger charge is -2.14. The lowest BCUT2D eigenvalue weighted by atomic mass is 10.1. The van der Waals surface area contributed by atoms with E-state index in [-0.39, 0.29) is 12.3 Å². The fourth-order valence-electron chi connectivity index (χ4n) is 2.24. The van der Waals surface area contributed by atoms with Crippen LogP contribution in [0.2, 0.25) is 0 Å². The van der Waals surface area contributed by atoms with Gasteiger partial charge in [0.25, 0.3) is 11.7 Å². The largest absolute Gasteiger partial charge is 0.299 e. The Labute approximate surface area is 133 Å². The van der Waals surface area contributed by atoms with Crippen LogP contribution in [0.25, 0.3) is 0 Å². The second-order valence-corrected chi connectivity index (χ2v) is 6.92. The van der Waals surface area contributed by atoms with E-state index >= 15 is 0 Å². The molecular weight excluding hydrogens is 354 g/mol. The number of aryl methyl sites for hydroxylation is 1. The van der Waals surface area contributed by atoms with Gasteiger partial charge in [-0.1, -0.05) is 15.9 Å². The molecule has 4 nitrogen and oxygen atoms in total. The number of fused-ring (bicyclic) bond motifs is 1. The zero-order valence-electron chi connectivity index (χ0n) is 11.1. The molecule has 1 aliphatic rings. The number of carbonyl (C=O) groups excluding carboxylic acids is 3. The molecule has 0 N–H and O–H groups in total. The molecule has 0 radical (unpaired) electrons. The van der Waals surface area contributed by atoms with Gasteiger partial charge < -0.3 is 0 Å². The molecule has 1 aliphatic heterocycles. The molecule has 0 unspecified atom stereocenters. The van der Waals surface area contributed by atoms with Crippen LogP contribution in [0, 0.1) is 6.92 Å². The molecule has 0 saturated carbocycles. The molecule has 106 valence electrons. The molecular formula is C15H10BrNO3S. The maximum Gasteiger partial charge on any atom is 0.299 e. The minimum atomic E-state index is -0.648. The van der Waals surface area contributed by atoms with Crippen LogP contribution in [0.5, 0.6) is 0 Å². The predicted molar refractivity (Wildman–Crippen MR) is 84.2 cm³/mol. The molecule has 6 heteroatoms. The molecule has 2 aromatic rings. The average molecular weight is 364 g/mol. The van der Waals surface area contributed by atoms with Gasteiger partial charge in [-0.2, -0.15) is 0 Å². The maximum atomic E-state index is 12.2. The van der Waals surface area contributed by atoms with Crippen LogP contribution in [-0.4, -0.2) is 24.0 Å². The fourth-order valence-corrected chi connectivity index (χ4v) is 3.39. The lowest BCUT2D eigenvalue weighted by molar-refractivity contribution is -0.114. The van der Waals surface area contributed by atoms with Gasteiger partial charge >= 0.3 is 0 Å². The van der Waals surface area contributed by atoms with Gasteiger partial charge in [-0.3, -0.25) is 19.3 Å². The van der Waals surface area contributed by atoms with Crippen LogP contribution in [0.4, 0.5) is 5.69 Å². The second kappa shape index (κ2) is 5.20. The molecule has 3 rings (SSSR count). The monoisotopic (exact) mass is 363 g/mol. The number of halogens is 1. The smallest absolute Gasteiger partial charge is 0.297 e. The minimum Gasteiger partial charge on any atom is -0.297 e. The Bertz CT molecular complexity index is 781. The van der Waals surface area contributed by atoms with Crippen molar-refractivity contribution in [2.75, 3.05) is 11.4 Å². The summed E-state index contributed by atoms with van der Waals surface area (Å²) < 4.78 is 0.726. The Kier molecular flexibility index (Phi) is 3.51. The van der Waals surface area contributed by atoms with Crippen molar-refractivity contribution in [1.82, 2.24) is 0 Å². The molecule has 0 fully saturated rings. The average Bonchev–Trinajstić information content (AvgIpc) is 2.97. The van der Waals surface area contributed by atoms with Crippen LogP contribution in [0.3, 0.4) is 0 Å². The molecule has 0 spiro atoms. The molecule has 21 heavy (non-hydrogen) atoms. The summed E-state index contributed by atoms with van der Waals surface area (Å²) >= 11 is 4.66. The van der Waals surface area contributed by atoms with Gasteiger partial charge in [0.1, 0.15) is 0 Å². The second-order valence-electron chi connectivity index (χ2n) is 4.72. The van der Waals surface area contributed by atoms with Crippen LogP contribution in [-0.2, 0) is 4.79 Å². The zero-order chi connectivity index (χ0) is 15.1. The molecule has 1 aromatic carbocycles. The Balaban J connectivity index is 1.92. The third kappa shape index (κ3) is 2.45. The first-order valence-electron chi connectivity index (χ1n) is 6.23. The first-order chi connectivity index (χ1) is 9.97. The third-order valence-corrected chi connectivity index (χ3v) is 4.79. The number of carbonyl (C=O) groups is 3. The predicted octanol–water partition coefficient (Wildman–Crippen LogP) is 3.23. The van der Waals surface area contributed by atoms with Gasteiger partial charge in [0, 0.05) is 9.35 Å². The quantitative estimate of drug-likeness (QED) is 0.621. The summed E-state index contributed by atoms with van der Waals surface area (Å²) in [7, 11) is 0. The first kappa shape index (κ1) is 14.2. The number of hydrogen-bond donors (Lipinski definition) is 0. The van der Waals surface area contributed by atoms with Crippen LogP contribution >= 0.6 is 27.3 Å². The molecule has 1 amide bonds. The number of hydrogen-bond acceptors (Lipinski definition) is 4. The summed E-state index contributed by atoms with van der Waals surface area (Å²) in [5, 5.41) is 0. The molecule has 0 atom stereocenters. The third-order valence-electron chi connectivity index (χ3n) is 3.25. The highest BCUT2D eigenvalue weighted by atomic mass is 79.9. The van der Waals surface area contributed by atoms with Crippen molar-refractivity contribution in [3.05, 3.63) is 50.1 Å². The zero-order valence-corrected chi connectivity index (χ0v) is 13.5. The van der Waals surface area contributed by atoms with Crippen LogP contribution < -0.4 is 4.90 Å². The summed E-state index contributed by atoms with van der Waals surface area (Å²) in [5.74, 6) is -1.38. The van der Waals surface area contributed by atoms with Crippen molar-refractivity contribution in [2.45, 2.75) is 6.92 Å². The van der Waals surface area contributed by atoms with E-state index in [0.29, 0.717) is 16.1 Å². The number of benzene rings is 1. The lowest BCUT2D eigenvalue weighted by Crippen LogP contribution is -2.34. The number of nitrogens with zero attached hydrogens (tertiary/aromatic N) is 1. The van der Waals surface area contributed by atoms with Crippen molar-refractivity contribution in [3.63, 3.8) is 0 Å². The van der Waals surface area contributed by atoms with E-state index in [9.17, 15) is 14.4 Å². The summed E-state index contributed by atoms with van der Waals surface area (Å²) in [6.45, 7) is 1.80. The topological polar surface area (TPSA) is 54.5 Å². The fraction of sp³-hybridized carbons (Fsp3) is 0.133. The van der Waals surface area contributed by atoms with E-state index in [1.807, 2.05) is 13.0 Å². The number of rotatable bonds is 3. The van der Waals surface area contributed by atoms with Crippen molar-refractivity contribution < 1.29 is 14.4 Å². The van der Waals surface area contributed by atoms with Gasteiger partial charge in [-0.05, 0) is 37.3 Å². The highest BCUT2D eigenvalue weighted by molar-refractivity contribution is 9.10. The number of ketones is 2. The molecule has 0 bridgehead atoms. The number of thiophene rings is 1. The number of anilines is 1. The summed E-state index contributed by atoms with van der Waals surface area (Å²) in [4.78, 5) is 39.1. The first-order valence-corrected chi connectivity index (χ1v) is 7.83. The highest BCUT2D eigenvalue weighted by Gasteiger charge is 2.37. The normalized spacial score (nSPS) is 13.7. The number of Topliss-reactive ketones (excluding diaryl/α,β-unsaturated/α-hetero) is 2. The van der Waals surface area contributed by atoms with Gasteiger partial charge in [-0.25, -0.2) is 0 Å². The maximum absolute atomic E-state index is 12.2. The van der Waals surface area contributed by atoms with E-state index in [0.717, 1.165) is 9.35 Å². The minimum absolute atomic E-state index is 0.112. The number of amides is 1. The van der Waals surface area contributed by atoms with Crippen LogP contribution in [0.15, 0.2) is 34.8 Å². The van der Waals surface area contributed by atoms with Gasteiger partial charge in [0.2, 0.25) is 0 Å². The van der Waals surface area contributed by atoms with E-state index in [4.69, 9.17) is 0 Å². The Morgan fingerprint density at radius 3 is 2.67 bits per heavy atom. The van der Waals surface area contributed by atoms with E-state index in [1.165, 1.54) is 16.2 Å². The van der Waals surface area contributed by atoms with E-state index < -0.39 is 11.7 Å². The summed E-state index contributed by atoms with van der Waals surface area (Å²) in [6, 6.07) is 8.63. The van der Waals surface area contributed by atoms with Crippen molar-refractivity contribution in [2.24, 2.45) is 0 Å². The van der Waals surface area contributed by atoms with Gasteiger partial charge in [-0.15, -0.1) is 11.3 Å². The van der Waals surface area contributed by atoms with Gasteiger partial charge in [0.05, 0.1) is 22.7 Å². The van der Waals surface area contributed by atoms with Crippen molar-refractivity contribution in [1.29, 1.82) is 0 Å². The van der Waals surface area contributed by atoms with Crippen molar-refractivity contribution >= 4 is 50.4 Å². The van der Waals surface area contributed by atoms with Crippen LogP contribution in [0.1, 0.15) is 24.9 Å². The van der Waals surface area contributed by atoms with Gasteiger partial charge in [0.15, 0.2) is 5.78 Å². The standard InChI is InChI=1S/C15H10BrNO3S/c1-8-2-5-13(21-8)12(18)7-17-11-4-3-9(16)6-10(11)14(19)15(17)20/h2-6H,7H2,1H3. The Morgan fingerprint density at radius 1 is 1.24 bits per heavy atom. The van der Waals surface area contributed by atoms with Crippen molar-refractivity contribution in [3.8, 4) is 0 Å². The molecule has 0 aliphatic carbocycles.